The summed E-state index contributed by atoms with van der Waals surface area (Å²) in [7, 11) is 0. The molecule has 2 aromatic rings. The van der Waals surface area contributed by atoms with E-state index in [9.17, 15) is 4.79 Å². The van der Waals surface area contributed by atoms with Crippen LogP contribution in [0.15, 0.2) is 35.7 Å². The van der Waals surface area contributed by atoms with Crippen LogP contribution in [0, 0.1) is 0 Å². The number of hydrogen-bond acceptors (Lipinski definition) is 5. The van der Waals surface area contributed by atoms with Crippen molar-refractivity contribution in [2.24, 2.45) is 0 Å². The number of hydrogen-bond donors (Lipinski definition) is 0. The van der Waals surface area contributed by atoms with Crippen LogP contribution in [-0.2, 0) is 11.3 Å². The highest BCUT2D eigenvalue weighted by atomic mass is 35.5. The second-order valence-electron chi connectivity index (χ2n) is 6.83. The van der Waals surface area contributed by atoms with Crippen LogP contribution in [0.4, 0.5) is 0 Å². The first-order chi connectivity index (χ1) is 12.7. The van der Waals surface area contributed by atoms with Crippen LogP contribution in [-0.4, -0.2) is 62.4 Å². The van der Waals surface area contributed by atoms with E-state index < -0.39 is 0 Å². The summed E-state index contributed by atoms with van der Waals surface area (Å²) in [5.41, 5.74) is 1.22. The maximum absolute atomic E-state index is 12.5. The minimum Gasteiger partial charge on any atom is -0.339 e. The van der Waals surface area contributed by atoms with Crippen LogP contribution in [0.3, 0.4) is 0 Å². The van der Waals surface area contributed by atoms with Crippen molar-refractivity contribution in [1.29, 1.82) is 0 Å². The molecule has 1 aliphatic carbocycles. The number of carbonyl (C=O) groups excluding carboxylic acids is 1. The molecule has 1 saturated carbocycles. The van der Waals surface area contributed by atoms with Gasteiger partial charge < -0.3 is 9.47 Å². The van der Waals surface area contributed by atoms with Crippen LogP contribution in [0.25, 0.3) is 0 Å². The number of halogens is 1. The van der Waals surface area contributed by atoms with Gasteiger partial charge in [-0.1, -0.05) is 35.5 Å². The van der Waals surface area contributed by atoms with Gasteiger partial charge in [-0.05, 0) is 30.5 Å². The Morgan fingerprint density at radius 3 is 2.77 bits per heavy atom. The molecule has 138 valence electrons. The van der Waals surface area contributed by atoms with Gasteiger partial charge in [0.05, 0.1) is 5.75 Å². The van der Waals surface area contributed by atoms with Crippen molar-refractivity contribution < 1.29 is 4.79 Å². The van der Waals surface area contributed by atoms with Gasteiger partial charge in [-0.15, -0.1) is 10.2 Å². The first kappa shape index (κ1) is 17.8. The summed E-state index contributed by atoms with van der Waals surface area (Å²) in [5, 5.41) is 9.76. The fraction of sp³-hybridized carbons (Fsp3) is 0.500. The van der Waals surface area contributed by atoms with Gasteiger partial charge in [0, 0.05) is 43.8 Å². The lowest BCUT2D eigenvalue weighted by Crippen LogP contribution is -2.48. The van der Waals surface area contributed by atoms with Gasteiger partial charge in [-0.2, -0.15) is 0 Å². The minimum absolute atomic E-state index is 0.183. The number of thioether (sulfide) groups is 1. The standard InChI is InChI=1S/C18H22ClN5OS/c19-15-3-1-2-14(10-15)11-22-6-8-23(9-7-22)17(25)12-26-18-21-20-13-24(18)16-4-5-16/h1-3,10,13,16H,4-9,11-12H2. The Morgan fingerprint density at radius 1 is 1.23 bits per heavy atom. The third kappa shape index (κ3) is 4.39. The van der Waals surface area contributed by atoms with E-state index in [0.717, 1.165) is 42.9 Å². The Hall–Kier alpha value is -1.57. The molecule has 2 aliphatic rings. The van der Waals surface area contributed by atoms with Gasteiger partial charge in [0.15, 0.2) is 5.16 Å². The van der Waals surface area contributed by atoms with Crippen LogP contribution >= 0.6 is 23.4 Å². The molecule has 0 unspecified atom stereocenters. The van der Waals surface area contributed by atoms with Crippen molar-refractivity contribution >= 4 is 29.3 Å². The molecule has 6 nitrogen and oxygen atoms in total. The zero-order valence-electron chi connectivity index (χ0n) is 14.6. The van der Waals surface area contributed by atoms with Crippen LogP contribution in [0.1, 0.15) is 24.4 Å². The maximum atomic E-state index is 12.5. The molecule has 0 N–H and O–H groups in total. The van der Waals surface area contributed by atoms with Gasteiger partial charge in [-0.25, -0.2) is 0 Å². The lowest BCUT2D eigenvalue weighted by molar-refractivity contribution is -0.130. The van der Waals surface area contributed by atoms with E-state index >= 15 is 0 Å². The normalized spacial score (nSPS) is 18.3. The molecule has 0 atom stereocenters. The second-order valence-corrected chi connectivity index (χ2v) is 8.21. The summed E-state index contributed by atoms with van der Waals surface area (Å²) in [5.74, 6) is 0.613. The Balaban J connectivity index is 1.23. The molecule has 1 aromatic heterocycles. The first-order valence-corrected chi connectivity index (χ1v) is 10.3. The fourth-order valence-corrected chi connectivity index (χ4v) is 4.30. The first-order valence-electron chi connectivity index (χ1n) is 8.96. The molecule has 1 saturated heterocycles. The number of aromatic nitrogens is 3. The summed E-state index contributed by atoms with van der Waals surface area (Å²) >= 11 is 7.55. The average Bonchev–Trinajstić information content (AvgIpc) is 3.38. The number of amides is 1. The fourth-order valence-electron chi connectivity index (χ4n) is 3.20. The van der Waals surface area contributed by atoms with E-state index in [2.05, 4.69) is 25.7 Å². The number of piperazine rings is 1. The van der Waals surface area contributed by atoms with E-state index in [1.165, 1.54) is 30.2 Å². The van der Waals surface area contributed by atoms with Crippen LogP contribution in [0.2, 0.25) is 5.02 Å². The molecule has 0 radical (unpaired) electrons. The third-order valence-corrected chi connectivity index (χ3v) is 6.00. The summed E-state index contributed by atoms with van der Waals surface area (Å²) in [6.45, 7) is 4.20. The summed E-state index contributed by atoms with van der Waals surface area (Å²) in [6, 6.07) is 8.51. The quantitative estimate of drug-likeness (QED) is 0.708. The topological polar surface area (TPSA) is 54.3 Å². The number of benzene rings is 1. The van der Waals surface area contributed by atoms with E-state index in [1.54, 1.807) is 6.33 Å². The second kappa shape index (κ2) is 7.98. The molecule has 1 amide bonds. The molecule has 2 heterocycles. The summed E-state index contributed by atoms with van der Waals surface area (Å²) in [6.07, 6.45) is 4.15. The lowest BCUT2D eigenvalue weighted by Gasteiger charge is -2.34. The summed E-state index contributed by atoms with van der Waals surface area (Å²) < 4.78 is 2.10. The SMILES string of the molecule is O=C(CSc1nncn1C1CC1)N1CCN(Cc2cccc(Cl)c2)CC1. The Labute approximate surface area is 162 Å². The van der Waals surface area contributed by atoms with E-state index in [-0.39, 0.29) is 5.91 Å². The zero-order chi connectivity index (χ0) is 17.9. The van der Waals surface area contributed by atoms with Crippen molar-refractivity contribution in [3.8, 4) is 0 Å². The predicted molar refractivity (Wildman–Crippen MR) is 102 cm³/mol. The molecule has 8 heteroatoms. The van der Waals surface area contributed by atoms with Gasteiger partial charge in [0.2, 0.25) is 5.91 Å². The Bertz CT molecular complexity index is 770. The van der Waals surface area contributed by atoms with Crippen LogP contribution < -0.4 is 0 Å². The zero-order valence-corrected chi connectivity index (χ0v) is 16.1. The van der Waals surface area contributed by atoms with E-state index in [4.69, 9.17) is 11.6 Å². The highest BCUT2D eigenvalue weighted by Crippen LogP contribution is 2.37. The van der Waals surface area contributed by atoms with Gasteiger partial charge in [0.1, 0.15) is 6.33 Å². The van der Waals surface area contributed by atoms with Crippen molar-refractivity contribution in [1.82, 2.24) is 24.6 Å². The van der Waals surface area contributed by atoms with Crippen molar-refractivity contribution in [3.63, 3.8) is 0 Å². The number of carbonyl (C=O) groups is 1. The highest BCUT2D eigenvalue weighted by molar-refractivity contribution is 7.99. The Kier molecular flexibility index (Phi) is 5.47. The minimum atomic E-state index is 0.183. The van der Waals surface area contributed by atoms with Gasteiger partial charge >= 0.3 is 0 Å². The molecule has 0 bridgehead atoms. The van der Waals surface area contributed by atoms with Crippen molar-refractivity contribution in [3.05, 3.63) is 41.2 Å². The van der Waals surface area contributed by atoms with E-state index in [0.29, 0.717) is 11.8 Å². The molecular weight excluding hydrogens is 370 g/mol. The smallest absolute Gasteiger partial charge is 0.233 e. The molecular formula is C18H22ClN5OS. The van der Waals surface area contributed by atoms with Gasteiger partial charge in [-0.3, -0.25) is 9.69 Å². The highest BCUT2D eigenvalue weighted by Gasteiger charge is 2.27. The molecule has 4 rings (SSSR count). The molecule has 1 aliphatic heterocycles. The van der Waals surface area contributed by atoms with E-state index in [1.807, 2.05) is 23.1 Å². The number of rotatable bonds is 6. The molecule has 26 heavy (non-hydrogen) atoms. The molecule has 1 aromatic carbocycles. The predicted octanol–water partition coefficient (Wildman–Crippen LogP) is 2.70. The third-order valence-electron chi connectivity index (χ3n) is 4.83. The Morgan fingerprint density at radius 2 is 2.04 bits per heavy atom. The van der Waals surface area contributed by atoms with Crippen molar-refractivity contribution in [2.45, 2.75) is 30.6 Å². The summed E-state index contributed by atoms with van der Waals surface area (Å²) in [4.78, 5) is 16.8. The molecule has 2 fully saturated rings. The largest absolute Gasteiger partial charge is 0.339 e. The lowest BCUT2D eigenvalue weighted by atomic mass is 10.2. The van der Waals surface area contributed by atoms with Gasteiger partial charge in [0.25, 0.3) is 0 Å². The van der Waals surface area contributed by atoms with Crippen molar-refractivity contribution in [2.75, 3.05) is 31.9 Å². The average molecular weight is 392 g/mol. The maximum Gasteiger partial charge on any atom is 0.233 e. The number of nitrogens with zero attached hydrogens (tertiary/aromatic N) is 5. The monoisotopic (exact) mass is 391 g/mol. The van der Waals surface area contributed by atoms with Crippen LogP contribution in [0.5, 0.6) is 0 Å². The molecule has 0 spiro atoms.